The van der Waals surface area contributed by atoms with Crippen LogP contribution in [-0.2, 0) is 6.42 Å². The van der Waals surface area contributed by atoms with Crippen LogP contribution in [0, 0.1) is 0 Å². The first-order valence-corrected chi connectivity index (χ1v) is 6.62. The van der Waals surface area contributed by atoms with Gasteiger partial charge in [0.2, 0.25) is 0 Å². The molecule has 0 radical (unpaired) electrons. The quantitative estimate of drug-likeness (QED) is 0.540. The smallest absolute Gasteiger partial charge is 0.138 e. The number of aromatic hydroxyl groups is 1. The predicted octanol–water partition coefficient (Wildman–Crippen LogP) is 2.25. The van der Waals surface area contributed by atoms with Gasteiger partial charge in [-0.25, -0.2) is 0 Å². The van der Waals surface area contributed by atoms with Crippen LogP contribution >= 0.6 is 0 Å². The van der Waals surface area contributed by atoms with Gasteiger partial charge >= 0.3 is 0 Å². The lowest BCUT2D eigenvalue weighted by Crippen LogP contribution is -2.20. The summed E-state index contributed by atoms with van der Waals surface area (Å²) in [5.41, 5.74) is 9.95. The number of nitrogens with one attached hydrogen (secondary N) is 1. The Hall–Kier alpha value is -2.00. The van der Waals surface area contributed by atoms with Crippen LogP contribution in [0.3, 0.4) is 0 Å². The zero-order valence-corrected chi connectivity index (χ0v) is 10.8. The highest BCUT2D eigenvalue weighted by atomic mass is 16.3. The molecule has 0 saturated heterocycles. The second-order valence-corrected chi connectivity index (χ2v) is 5.03. The van der Waals surface area contributed by atoms with Crippen LogP contribution < -0.4 is 11.1 Å². The van der Waals surface area contributed by atoms with Gasteiger partial charge in [-0.2, -0.15) is 0 Å². The zero-order chi connectivity index (χ0) is 13.2. The molecule has 3 rings (SSSR count). The van der Waals surface area contributed by atoms with Gasteiger partial charge in [-0.3, -0.25) is 0 Å². The van der Waals surface area contributed by atoms with Crippen molar-refractivity contribution < 1.29 is 5.11 Å². The molecule has 0 fully saturated rings. The number of phenolic OH excluding ortho intramolecular Hbond substituents is 1. The summed E-state index contributed by atoms with van der Waals surface area (Å²) in [6.45, 7) is 1.83. The van der Waals surface area contributed by atoms with Crippen molar-refractivity contribution >= 4 is 5.69 Å². The summed E-state index contributed by atoms with van der Waals surface area (Å²) >= 11 is 0. The number of phenols is 1. The van der Waals surface area contributed by atoms with Gasteiger partial charge in [0.05, 0.1) is 5.69 Å². The first-order chi connectivity index (χ1) is 9.25. The second kappa shape index (κ2) is 4.94. The van der Waals surface area contributed by atoms with Crippen LogP contribution in [0.2, 0.25) is 0 Å². The normalized spacial score (nSPS) is 18.6. The van der Waals surface area contributed by atoms with E-state index >= 15 is 0 Å². The molecule has 1 aliphatic rings. The maximum Gasteiger partial charge on any atom is 0.138 e. The number of fused-ring (bicyclic) bond motifs is 1. The van der Waals surface area contributed by atoms with Gasteiger partial charge in [0.25, 0.3) is 0 Å². The number of nitrogen functional groups attached to an aromatic ring is 1. The monoisotopic (exact) mass is 254 g/mol. The molecule has 0 spiro atoms. The van der Waals surface area contributed by atoms with Crippen LogP contribution in [0.25, 0.3) is 0 Å². The zero-order valence-electron chi connectivity index (χ0n) is 10.8. The van der Waals surface area contributed by atoms with Crippen molar-refractivity contribution in [2.24, 2.45) is 0 Å². The van der Waals surface area contributed by atoms with E-state index in [1.807, 2.05) is 18.2 Å². The fourth-order valence-electron chi connectivity index (χ4n) is 2.77. The summed E-state index contributed by atoms with van der Waals surface area (Å²) in [5.74, 6) is 0.451. The Morgan fingerprint density at radius 1 is 1.16 bits per heavy atom. The lowest BCUT2D eigenvalue weighted by molar-refractivity contribution is 0.476. The molecule has 0 bridgehead atoms. The van der Waals surface area contributed by atoms with Crippen LogP contribution in [0.4, 0.5) is 5.69 Å². The minimum atomic E-state index is 0.182. The van der Waals surface area contributed by atoms with Gasteiger partial charge in [-0.1, -0.05) is 30.3 Å². The molecule has 2 aromatic rings. The van der Waals surface area contributed by atoms with Crippen molar-refractivity contribution in [3.05, 3.63) is 59.2 Å². The van der Waals surface area contributed by atoms with E-state index in [2.05, 4.69) is 29.6 Å². The number of nitrogens with two attached hydrogens (primary N) is 1. The first kappa shape index (κ1) is 12.1. The Kier molecular flexibility index (Phi) is 3.13. The van der Waals surface area contributed by atoms with E-state index in [1.165, 1.54) is 16.7 Å². The third-order valence-corrected chi connectivity index (χ3v) is 3.79. The SMILES string of the molecule is Nc1cc2c(cc1O)C(c1ccccc1)CNCC2. The molecule has 2 aromatic carbocycles. The number of anilines is 1. The highest BCUT2D eigenvalue weighted by molar-refractivity contribution is 5.58. The van der Waals surface area contributed by atoms with Crippen LogP contribution in [0.5, 0.6) is 5.75 Å². The highest BCUT2D eigenvalue weighted by Crippen LogP contribution is 2.34. The Morgan fingerprint density at radius 3 is 2.74 bits per heavy atom. The molecule has 19 heavy (non-hydrogen) atoms. The molecule has 1 atom stereocenters. The Balaban J connectivity index is 2.11. The second-order valence-electron chi connectivity index (χ2n) is 5.03. The van der Waals surface area contributed by atoms with Crippen LogP contribution in [-0.4, -0.2) is 18.2 Å². The molecule has 1 heterocycles. The summed E-state index contributed by atoms with van der Waals surface area (Å²) in [6.07, 6.45) is 0.948. The number of hydrogen-bond acceptors (Lipinski definition) is 3. The fraction of sp³-hybridized carbons (Fsp3) is 0.250. The fourth-order valence-corrected chi connectivity index (χ4v) is 2.77. The Bertz CT molecular complexity index is 581. The Labute approximate surface area is 113 Å². The largest absolute Gasteiger partial charge is 0.506 e. The van der Waals surface area contributed by atoms with Gasteiger partial charge in [0.1, 0.15) is 5.75 Å². The molecule has 98 valence electrons. The summed E-state index contributed by atoms with van der Waals surface area (Å²) in [5, 5.41) is 13.3. The standard InChI is InChI=1S/C16H18N2O/c17-15-8-12-6-7-18-10-14(13(12)9-16(15)19)11-4-2-1-3-5-11/h1-5,8-9,14,18-19H,6-7,10,17H2. The van der Waals surface area contributed by atoms with Crippen molar-refractivity contribution in [3.8, 4) is 5.75 Å². The maximum atomic E-state index is 9.89. The van der Waals surface area contributed by atoms with E-state index in [1.54, 1.807) is 0 Å². The average molecular weight is 254 g/mol. The highest BCUT2D eigenvalue weighted by Gasteiger charge is 2.21. The van der Waals surface area contributed by atoms with Gasteiger partial charge in [-0.15, -0.1) is 0 Å². The van der Waals surface area contributed by atoms with E-state index in [0.29, 0.717) is 5.69 Å². The lowest BCUT2D eigenvalue weighted by atomic mass is 9.87. The maximum absolute atomic E-state index is 9.89. The number of rotatable bonds is 1. The number of hydrogen-bond donors (Lipinski definition) is 3. The van der Waals surface area contributed by atoms with Crippen molar-refractivity contribution in [1.29, 1.82) is 0 Å². The minimum absolute atomic E-state index is 0.182. The topological polar surface area (TPSA) is 58.3 Å². The summed E-state index contributed by atoms with van der Waals surface area (Å²) in [6, 6.07) is 14.1. The first-order valence-electron chi connectivity index (χ1n) is 6.62. The third-order valence-electron chi connectivity index (χ3n) is 3.79. The molecule has 0 saturated carbocycles. The van der Waals surface area contributed by atoms with Crippen molar-refractivity contribution in [1.82, 2.24) is 5.32 Å². The summed E-state index contributed by atoms with van der Waals surface area (Å²) < 4.78 is 0. The van der Waals surface area contributed by atoms with Gasteiger partial charge < -0.3 is 16.2 Å². The molecule has 0 aliphatic carbocycles. The molecule has 1 unspecified atom stereocenters. The molecule has 3 heteroatoms. The van der Waals surface area contributed by atoms with Crippen molar-refractivity contribution in [3.63, 3.8) is 0 Å². The average Bonchev–Trinajstić information content (AvgIpc) is 2.63. The van der Waals surface area contributed by atoms with Gasteiger partial charge in [0.15, 0.2) is 0 Å². The van der Waals surface area contributed by atoms with E-state index in [0.717, 1.165) is 19.5 Å². The lowest BCUT2D eigenvalue weighted by Gasteiger charge is -2.19. The molecule has 4 N–H and O–H groups in total. The van der Waals surface area contributed by atoms with Crippen molar-refractivity contribution in [2.75, 3.05) is 18.8 Å². The molecular formula is C16H18N2O. The van der Waals surface area contributed by atoms with Gasteiger partial charge in [-0.05, 0) is 41.8 Å². The summed E-state index contributed by atoms with van der Waals surface area (Å²) in [7, 11) is 0. The van der Waals surface area contributed by atoms with Crippen LogP contribution in [0.15, 0.2) is 42.5 Å². The molecular weight excluding hydrogens is 236 g/mol. The Morgan fingerprint density at radius 2 is 1.95 bits per heavy atom. The third kappa shape index (κ3) is 2.29. The number of benzene rings is 2. The van der Waals surface area contributed by atoms with Gasteiger partial charge in [0, 0.05) is 12.5 Å². The minimum Gasteiger partial charge on any atom is -0.506 e. The van der Waals surface area contributed by atoms with Crippen LogP contribution in [0.1, 0.15) is 22.6 Å². The van der Waals surface area contributed by atoms with E-state index in [4.69, 9.17) is 5.73 Å². The van der Waals surface area contributed by atoms with E-state index in [-0.39, 0.29) is 11.7 Å². The van der Waals surface area contributed by atoms with E-state index < -0.39 is 0 Å². The molecule has 0 amide bonds. The predicted molar refractivity (Wildman–Crippen MR) is 77.4 cm³/mol. The molecule has 0 aromatic heterocycles. The summed E-state index contributed by atoms with van der Waals surface area (Å²) in [4.78, 5) is 0. The molecule has 3 nitrogen and oxygen atoms in total. The van der Waals surface area contributed by atoms with Crippen molar-refractivity contribution in [2.45, 2.75) is 12.3 Å². The molecule has 1 aliphatic heterocycles. The van der Waals surface area contributed by atoms with E-state index in [9.17, 15) is 5.11 Å².